The lowest BCUT2D eigenvalue weighted by molar-refractivity contribution is 0.0955. The zero-order valence-electron chi connectivity index (χ0n) is 15.6. The first-order valence-electron chi connectivity index (χ1n) is 9.21. The number of carbonyl (C=O) groups is 1. The van der Waals surface area contributed by atoms with Crippen molar-refractivity contribution < 1.29 is 9.53 Å². The maximum Gasteiger partial charge on any atom is 0.271 e. The van der Waals surface area contributed by atoms with Crippen LogP contribution in [-0.4, -0.2) is 46.2 Å². The minimum atomic E-state index is -0.150. The normalized spacial score (nSPS) is 14.1. The Balaban J connectivity index is 1.52. The molecule has 1 amide bonds. The van der Waals surface area contributed by atoms with Crippen LogP contribution < -0.4 is 10.1 Å². The van der Waals surface area contributed by atoms with Gasteiger partial charge in [-0.05, 0) is 31.2 Å². The highest BCUT2D eigenvalue weighted by Gasteiger charge is 2.25. The van der Waals surface area contributed by atoms with Crippen LogP contribution >= 0.6 is 0 Å². The smallest absolute Gasteiger partial charge is 0.271 e. The van der Waals surface area contributed by atoms with E-state index in [9.17, 15) is 4.79 Å². The van der Waals surface area contributed by atoms with Gasteiger partial charge in [0.05, 0.1) is 17.8 Å². The Hall–Kier alpha value is -2.93. The van der Waals surface area contributed by atoms with E-state index in [-0.39, 0.29) is 5.91 Å². The summed E-state index contributed by atoms with van der Waals surface area (Å²) in [5.74, 6) is 0.716. The van der Waals surface area contributed by atoms with Crippen LogP contribution in [0, 0.1) is 0 Å². The molecule has 0 bridgehead atoms. The highest BCUT2D eigenvalue weighted by atomic mass is 16.5. The van der Waals surface area contributed by atoms with Gasteiger partial charge in [0, 0.05) is 49.7 Å². The minimum Gasteiger partial charge on any atom is -0.494 e. The third-order valence-corrected chi connectivity index (χ3v) is 4.87. The molecule has 0 saturated carbocycles. The van der Waals surface area contributed by atoms with Gasteiger partial charge in [-0.2, -0.15) is 5.10 Å². The fourth-order valence-electron chi connectivity index (χ4n) is 3.51. The van der Waals surface area contributed by atoms with E-state index in [4.69, 9.17) is 9.72 Å². The molecule has 140 valence electrons. The maximum absolute atomic E-state index is 12.0. The zero-order valence-corrected chi connectivity index (χ0v) is 15.6. The second-order valence-electron chi connectivity index (χ2n) is 6.66. The van der Waals surface area contributed by atoms with Crippen molar-refractivity contribution in [1.82, 2.24) is 25.4 Å². The van der Waals surface area contributed by atoms with Gasteiger partial charge >= 0.3 is 0 Å². The fraction of sp³-hybridized carbons (Fsp3) is 0.350. The standard InChI is InChI=1S/C20H23N5O2/c1-3-27-15-6-7-17-13(10-15)4-5-14(22-17)11-25-9-8-18-16(12-25)19(24-23-18)20(26)21-2/h4-7,10H,3,8-9,11-12H2,1-2H3,(H,21,26)(H,23,24). The molecule has 0 fully saturated rings. The second-order valence-corrected chi connectivity index (χ2v) is 6.66. The van der Waals surface area contributed by atoms with Gasteiger partial charge in [0.2, 0.25) is 0 Å². The Morgan fingerprint density at radius 2 is 2.22 bits per heavy atom. The number of hydrogen-bond donors (Lipinski definition) is 2. The molecule has 3 aromatic rings. The summed E-state index contributed by atoms with van der Waals surface area (Å²) in [5, 5.41) is 10.9. The summed E-state index contributed by atoms with van der Waals surface area (Å²) in [6, 6.07) is 10.1. The van der Waals surface area contributed by atoms with Crippen molar-refractivity contribution in [1.29, 1.82) is 0 Å². The molecule has 1 aliphatic heterocycles. The summed E-state index contributed by atoms with van der Waals surface area (Å²) in [7, 11) is 1.62. The number of carbonyl (C=O) groups excluding carboxylic acids is 1. The van der Waals surface area contributed by atoms with Crippen molar-refractivity contribution in [2.45, 2.75) is 26.4 Å². The molecule has 4 rings (SSSR count). The largest absolute Gasteiger partial charge is 0.494 e. The Kier molecular flexibility index (Phi) is 4.77. The van der Waals surface area contributed by atoms with Gasteiger partial charge < -0.3 is 10.1 Å². The summed E-state index contributed by atoms with van der Waals surface area (Å²) >= 11 is 0. The highest BCUT2D eigenvalue weighted by Crippen LogP contribution is 2.23. The Bertz CT molecular complexity index is 982. The third kappa shape index (κ3) is 3.50. The molecular formula is C20H23N5O2. The molecule has 0 spiro atoms. The van der Waals surface area contributed by atoms with Gasteiger partial charge in [-0.15, -0.1) is 0 Å². The number of aromatic amines is 1. The number of aromatic nitrogens is 3. The topological polar surface area (TPSA) is 83.1 Å². The van der Waals surface area contributed by atoms with Gasteiger partial charge in [-0.3, -0.25) is 19.8 Å². The number of nitrogens with zero attached hydrogens (tertiary/aromatic N) is 3. The van der Waals surface area contributed by atoms with Crippen molar-refractivity contribution in [3.05, 3.63) is 53.0 Å². The first-order chi connectivity index (χ1) is 13.2. The quantitative estimate of drug-likeness (QED) is 0.725. The van der Waals surface area contributed by atoms with Crippen LogP contribution in [0.4, 0.5) is 0 Å². The molecule has 2 aromatic heterocycles. The number of benzene rings is 1. The molecule has 0 radical (unpaired) electrons. The molecule has 7 nitrogen and oxygen atoms in total. The number of pyridine rings is 1. The average Bonchev–Trinajstić information content (AvgIpc) is 3.11. The molecule has 2 N–H and O–H groups in total. The molecule has 1 aliphatic rings. The molecule has 1 aromatic carbocycles. The molecule has 0 atom stereocenters. The summed E-state index contributed by atoms with van der Waals surface area (Å²) in [5.41, 5.74) is 4.51. The zero-order chi connectivity index (χ0) is 18.8. The van der Waals surface area contributed by atoms with Crippen LogP contribution in [0.25, 0.3) is 10.9 Å². The van der Waals surface area contributed by atoms with Crippen molar-refractivity contribution >= 4 is 16.8 Å². The van der Waals surface area contributed by atoms with Crippen LogP contribution in [0.1, 0.15) is 34.4 Å². The SMILES string of the molecule is CCOc1ccc2nc(CN3CCc4[nH]nc(C(=O)NC)c4C3)ccc2c1. The Labute approximate surface area is 157 Å². The minimum absolute atomic E-state index is 0.150. The van der Waals surface area contributed by atoms with Gasteiger partial charge in [0.15, 0.2) is 5.69 Å². The number of ether oxygens (including phenoxy) is 1. The number of nitrogens with one attached hydrogen (secondary N) is 2. The summed E-state index contributed by atoms with van der Waals surface area (Å²) in [4.78, 5) is 19.1. The summed E-state index contributed by atoms with van der Waals surface area (Å²) in [6.45, 7) is 4.97. The van der Waals surface area contributed by atoms with E-state index in [2.05, 4.69) is 32.5 Å². The van der Waals surface area contributed by atoms with Crippen molar-refractivity contribution in [2.24, 2.45) is 0 Å². The van der Waals surface area contributed by atoms with Gasteiger partial charge in [0.25, 0.3) is 5.91 Å². The van der Waals surface area contributed by atoms with E-state index < -0.39 is 0 Å². The summed E-state index contributed by atoms with van der Waals surface area (Å²) in [6.07, 6.45) is 0.852. The van der Waals surface area contributed by atoms with Crippen LogP contribution in [0.15, 0.2) is 30.3 Å². The number of hydrogen-bond acceptors (Lipinski definition) is 5. The van der Waals surface area contributed by atoms with E-state index >= 15 is 0 Å². The van der Waals surface area contributed by atoms with E-state index in [1.807, 2.05) is 25.1 Å². The maximum atomic E-state index is 12.0. The lowest BCUT2D eigenvalue weighted by Crippen LogP contribution is -2.31. The number of rotatable bonds is 5. The third-order valence-electron chi connectivity index (χ3n) is 4.87. The number of H-pyrrole nitrogens is 1. The Morgan fingerprint density at radius 3 is 3.04 bits per heavy atom. The number of fused-ring (bicyclic) bond motifs is 2. The van der Waals surface area contributed by atoms with Gasteiger partial charge in [-0.1, -0.05) is 6.07 Å². The van der Waals surface area contributed by atoms with Gasteiger partial charge in [0.1, 0.15) is 5.75 Å². The first kappa shape index (κ1) is 17.5. The molecular weight excluding hydrogens is 342 g/mol. The first-order valence-corrected chi connectivity index (χ1v) is 9.21. The van der Waals surface area contributed by atoms with Crippen LogP contribution in [0.5, 0.6) is 5.75 Å². The van der Waals surface area contributed by atoms with E-state index in [1.165, 1.54) is 0 Å². The van der Waals surface area contributed by atoms with Crippen LogP contribution in [0.2, 0.25) is 0 Å². The molecule has 0 saturated heterocycles. The summed E-state index contributed by atoms with van der Waals surface area (Å²) < 4.78 is 5.55. The molecule has 3 heterocycles. The predicted molar refractivity (Wildman–Crippen MR) is 103 cm³/mol. The van der Waals surface area contributed by atoms with Crippen molar-refractivity contribution in [3.63, 3.8) is 0 Å². The second kappa shape index (κ2) is 7.36. The van der Waals surface area contributed by atoms with E-state index in [1.54, 1.807) is 7.05 Å². The van der Waals surface area contributed by atoms with E-state index in [0.717, 1.165) is 53.1 Å². The fourth-order valence-corrected chi connectivity index (χ4v) is 3.51. The monoisotopic (exact) mass is 365 g/mol. The van der Waals surface area contributed by atoms with Crippen molar-refractivity contribution in [2.75, 3.05) is 20.2 Å². The lowest BCUT2D eigenvalue weighted by atomic mass is 10.0. The number of amides is 1. The van der Waals surface area contributed by atoms with Gasteiger partial charge in [-0.25, -0.2) is 0 Å². The van der Waals surface area contributed by atoms with Crippen molar-refractivity contribution in [3.8, 4) is 5.75 Å². The lowest BCUT2D eigenvalue weighted by Gasteiger charge is -2.26. The molecule has 27 heavy (non-hydrogen) atoms. The molecule has 0 aliphatic carbocycles. The van der Waals surface area contributed by atoms with Crippen LogP contribution in [0.3, 0.4) is 0 Å². The predicted octanol–water partition coefficient (Wildman–Crippen LogP) is 2.27. The van der Waals surface area contributed by atoms with E-state index in [0.29, 0.717) is 18.8 Å². The molecule has 7 heteroatoms. The Morgan fingerprint density at radius 1 is 1.33 bits per heavy atom. The average molecular weight is 365 g/mol. The highest BCUT2D eigenvalue weighted by molar-refractivity contribution is 5.93. The molecule has 0 unspecified atom stereocenters. The van der Waals surface area contributed by atoms with Crippen LogP contribution in [-0.2, 0) is 19.5 Å².